The Balaban J connectivity index is 2.06. The van der Waals surface area contributed by atoms with Gasteiger partial charge in [0.1, 0.15) is 18.2 Å². The first-order valence-electron chi connectivity index (χ1n) is 5.40. The third-order valence-corrected chi connectivity index (χ3v) is 3.83. The molecular formula is C14H11Br2FO. The lowest BCUT2D eigenvalue weighted by atomic mass is 10.2. The molecule has 2 aromatic carbocycles. The molecule has 0 spiro atoms. The van der Waals surface area contributed by atoms with Gasteiger partial charge in [-0.2, -0.15) is 0 Å². The average molecular weight is 374 g/mol. The molecule has 0 aliphatic rings. The molecule has 0 radical (unpaired) electrons. The van der Waals surface area contributed by atoms with Gasteiger partial charge in [0.25, 0.3) is 0 Å². The Morgan fingerprint density at radius 1 is 1.11 bits per heavy atom. The van der Waals surface area contributed by atoms with E-state index in [-0.39, 0.29) is 5.82 Å². The summed E-state index contributed by atoms with van der Waals surface area (Å²) >= 11 is 6.87. The van der Waals surface area contributed by atoms with Crippen molar-refractivity contribution in [2.45, 2.75) is 11.9 Å². The largest absolute Gasteiger partial charge is 0.489 e. The van der Waals surface area contributed by atoms with E-state index in [1.807, 2.05) is 24.3 Å². The third-order valence-electron chi connectivity index (χ3n) is 2.46. The molecule has 0 aliphatic heterocycles. The Labute approximate surface area is 122 Å². The quantitative estimate of drug-likeness (QED) is 0.680. The zero-order valence-corrected chi connectivity index (χ0v) is 12.7. The molecule has 0 aromatic heterocycles. The van der Waals surface area contributed by atoms with Crippen LogP contribution in [0.1, 0.15) is 11.1 Å². The Bertz CT molecular complexity index is 543. The lowest BCUT2D eigenvalue weighted by molar-refractivity contribution is 0.305. The Morgan fingerprint density at radius 3 is 2.67 bits per heavy atom. The molecule has 94 valence electrons. The topological polar surface area (TPSA) is 9.23 Å². The second kappa shape index (κ2) is 6.34. The number of hydrogen-bond acceptors (Lipinski definition) is 1. The molecule has 1 nitrogen and oxygen atoms in total. The average Bonchev–Trinajstić information content (AvgIpc) is 2.38. The fourth-order valence-electron chi connectivity index (χ4n) is 1.54. The van der Waals surface area contributed by atoms with Crippen molar-refractivity contribution in [2.75, 3.05) is 0 Å². The van der Waals surface area contributed by atoms with E-state index in [2.05, 4.69) is 31.9 Å². The number of ether oxygens (including phenoxy) is 1. The molecule has 0 unspecified atom stereocenters. The normalized spacial score (nSPS) is 10.4. The fourth-order valence-corrected chi connectivity index (χ4v) is 2.76. The van der Waals surface area contributed by atoms with Gasteiger partial charge in [0.2, 0.25) is 0 Å². The van der Waals surface area contributed by atoms with Gasteiger partial charge in [-0.3, -0.25) is 0 Å². The summed E-state index contributed by atoms with van der Waals surface area (Å²) in [4.78, 5) is 0. The van der Waals surface area contributed by atoms with Crippen LogP contribution in [0, 0.1) is 5.82 Å². The molecule has 0 aliphatic carbocycles. The Hall–Kier alpha value is -0.870. The number of halogens is 3. The molecule has 0 saturated heterocycles. The summed E-state index contributed by atoms with van der Waals surface area (Å²) in [5.41, 5.74) is 1.94. The Morgan fingerprint density at radius 2 is 1.94 bits per heavy atom. The third kappa shape index (κ3) is 3.56. The summed E-state index contributed by atoms with van der Waals surface area (Å²) in [6, 6.07) is 12.2. The molecule has 18 heavy (non-hydrogen) atoms. The first-order valence-corrected chi connectivity index (χ1v) is 7.32. The van der Waals surface area contributed by atoms with Crippen molar-refractivity contribution < 1.29 is 9.13 Å². The molecule has 0 atom stereocenters. The van der Waals surface area contributed by atoms with E-state index in [4.69, 9.17) is 4.74 Å². The van der Waals surface area contributed by atoms with Gasteiger partial charge < -0.3 is 4.74 Å². The molecule has 0 amide bonds. The van der Waals surface area contributed by atoms with Crippen LogP contribution in [0.5, 0.6) is 5.75 Å². The summed E-state index contributed by atoms with van der Waals surface area (Å²) in [7, 11) is 0. The highest BCUT2D eigenvalue weighted by Gasteiger charge is 2.02. The molecule has 0 heterocycles. The first kappa shape index (κ1) is 13.6. The van der Waals surface area contributed by atoms with Gasteiger partial charge in [0, 0.05) is 9.80 Å². The van der Waals surface area contributed by atoms with Crippen LogP contribution in [-0.2, 0) is 11.9 Å². The Kier molecular flexibility index (Phi) is 4.78. The van der Waals surface area contributed by atoms with E-state index in [1.54, 1.807) is 6.07 Å². The van der Waals surface area contributed by atoms with E-state index >= 15 is 0 Å². The smallest absolute Gasteiger partial charge is 0.123 e. The van der Waals surface area contributed by atoms with Crippen molar-refractivity contribution in [1.82, 2.24) is 0 Å². The number of benzene rings is 2. The minimum Gasteiger partial charge on any atom is -0.489 e. The molecule has 2 rings (SSSR count). The minimum absolute atomic E-state index is 0.243. The fraction of sp³-hybridized carbons (Fsp3) is 0.143. The maximum Gasteiger partial charge on any atom is 0.123 e. The van der Waals surface area contributed by atoms with E-state index < -0.39 is 0 Å². The maximum absolute atomic E-state index is 13.0. The second-order valence-corrected chi connectivity index (χ2v) is 5.22. The second-order valence-electron chi connectivity index (χ2n) is 3.81. The summed E-state index contributed by atoms with van der Waals surface area (Å²) in [6.45, 7) is 0.362. The zero-order chi connectivity index (χ0) is 13.0. The lowest BCUT2D eigenvalue weighted by Gasteiger charge is -2.08. The van der Waals surface area contributed by atoms with Crippen molar-refractivity contribution in [3.63, 3.8) is 0 Å². The van der Waals surface area contributed by atoms with Crippen LogP contribution in [0.25, 0.3) is 0 Å². The zero-order valence-electron chi connectivity index (χ0n) is 9.50. The van der Waals surface area contributed by atoms with Gasteiger partial charge in [-0.25, -0.2) is 4.39 Å². The molecule has 2 aromatic rings. The lowest BCUT2D eigenvalue weighted by Crippen LogP contribution is -1.96. The van der Waals surface area contributed by atoms with E-state index in [0.29, 0.717) is 6.61 Å². The van der Waals surface area contributed by atoms with Crippen LogP contribution in [-0.4, -0.2) is 0 Å². The van der Waals surface area contributed by atoms with Crippen LogP contribution in [0.2, 0.25) is 0 Å². The highest BCUT2D eigenvalue weighted by atomic mass is 79.9. The van der Waals surface area contributed by atoms with Crippen LogP contribution in [0.15, 0.2) is 46.9 Å². The standard InChI is InChI=1S/C14H11Br2FO/c15-8-11-7-13(4-5-14(11)16)18-9-10-2-1-3-12(17)6-10/h1-7H,8-9H2. The van der Waals surface area contributed by atoms with E-state index in [1.165, 1.54) is 12.1 Å². The van der Waals surface area contributed by atoms with Crippen LogP contribution < -0.4 is 4.74 Å². The van der Waals surface area contributed by atoms with E-state index in [9.17, 15) is 4.39 Å². The molecule has 0 saturated carbocycles. The van der Waals surface area contributed by atoms with Crippen molar-refractivity contribution in [3.8, 4) is 5.75 Å². The van der Waals surface area contributed by atoms with Gasteiger partial charge in [-0.15, -0.1) is 0 Å². The number of alkyl halides is 1. The highest BCUT2D eigenvalue weighted by molar-refractivity contribution is 9.10. The van der Waals surface area contributed by atoms with Gasteiger partial charge in [-0.1, -0.05) is 44.0 Å². The van der Waals surface area contributed by atoms with Gasteiger partial charge in [-0.05, 0) is 41.5 Å². The molecule has 0 bridgehead atoms. The van der Waals surface area contributed by atoms with Crippen LogP contribution in [0.3, 0.4) is 0 Å². The molecular weight excluding hydrogens is 363 g/mol. The monoisotopic (exact) mass is 372 g/mol. The minimum atomic E-state index is -0.243. The van der Waals surface area contributed by atoms with Gasteiger partial charge in [0.15, 0.2) is 0 Å². The van der Waals surface area contributed by atoms with Gasteiger partial charge >= 0.3 is 0 Å². The van der Waals surface area contributed by atoms with Gasteiger partial charge in [0.05, 0.1) is 0 Å². The SMILES string of the molecule is Fc1cccc(COc2ccc(Br)c(CBr)c2)c1. The number of hydrogen-bond donors (Lipinski definition) is 0. The molecule has 0 fully saturated rings. The van der Waals surface area contributed by atoms with E-state index in [0.717, 1.165) is 26.7 Å². The molecule has 0 N–H and O–H groups in total. The summed E-state index contributed by atoms with van der Waals surface area (Å²) in [5.74, 6) is 0.532. The van der Waals surface area contributed by atoms with Crippen molar-refractivity contribution in [2.24, 2.45) is 0 Å². The predicted molar refractivity (Wildman–Crippen MR) is 77.5 cm³/mol. The summed E-state index contributed by atoms with van der Waals surface area (Å²) in [5, 5.41) is 0.755. The number of rotatable bonds is 4. The van der Waals surface area contributed by atoms with Crippen LogP contribution in [0.4, 0.5) is 4.39 Å². The van der Waals surface area contributed by atoms with Crippen LogP contribution >= 0.6 is 31.9 Å². The van der Waals surface area contributed by atoms with Crippen molar-refractivity contribution in [3.05, 3.63) is 63.9 Å². The van der Waals surface area contributed by atoms with Crippen molar-refractivity contribution >= 4 is 31.9 Å². The summed E-state index contributed by atoms with van der Waals surface area (Å²) < 4.78 is 19.7. The van der Waals surface area contributed by atoms with Crippen molar-refractivity contribution in [1.29, 1.82) is 0 Å². The summed E-state index contributed by atoms with van der Waals surface area (Å²) in [6.07, 6.45) is 0. The highest BCUT2D eigenvalue weighted by Crippen LogP contribution is 2.25. The maximum atomic E-state index is 13.0. The molecule has 4 heteroatoms. The predicted octanol–water partition coefficient (Wildman–Crippen LogP) is 5.06. The first-order chi connectivity index (χ1) is 8.69.